The largest absolute Gasteiger partial charge is 0.495 e. The summed E-state index contributed by atoms with van der Waals surface area (Å²) in [5.41, 5.74) is 3.05. The number of aromatic nitrogens is 4. The number of aryl methyl sites for hydroxylation is 4. The molecule has 0 N–H and O–H groups in total. The van der Waals surface area contributed by atoms with E-state index in [2.05, 4.69) is 23.8 Å². The van der Waals surface area contributed by atoms with Crippen molar-refractivity contribution in [2.45, 2.75) is 72.1 Å². The number of hydrogen-bond donors (Lipinski definition) is 0. The Balaban J connectivity index is 2.09. The third kappa shape index (κ3) is 5.83. The minimum atomic E-state index is -0.477. The fourth-order valence-electron chi connectivity index (χ4n) is 4.09. The van der Waals surface area contributed by atoms with E-state index in [0.717, 1.165) is 73.7 Å². The molecule has 3 rings (SSSR count). The van der Waals surface area contributed by atoms with Crippen LogP contribution in [-0.4, -0.2) is 26.6 Å². The summed E-state index contributed by atoms with van der Waals surface area (Å²) in [7, 11) is 1.62. The van der Waals surface area contributed by atoms with Crippen molar-refractivity contribution in [3.63, 3.8) is 0 Å². The number of para-hydroxylation sites is 1. The lowest BCUT2D eigenvalue weighted by Crippen LogP contribution is -2.30. The molecule has 3 aromatic rings. The quantitative estimate of drug-likeness (QED) is 0.385. The van der Waals surface area contributed by atoms with Crippen molar-refractivity contribution >= 4 is 0 Å². The first kappa shape index (κ1) is 24.6. The van der Waals surface area contributed by atoms with Gasteiger partial charge in [0.1, 0.15) is 17.4 Å². The third-order valence-electron chi connectivity index (χ3n) is 5.89. The molecule has 0 aliphatic rings. The Morgan fingerprint density at radius 1 is 1.03 bits per heavy atom. The second-order valence-corrected chi connectivity index (χ2v) is 8.18. The van der Waals surface area contributed by atoms with E-state index < -0.39 is 5.82 Å². The molecule has 0 aliphatic carbocycles. The van der Waals surface area contributed by atoms with Crippen molar-refractivity contribution < 1.29 is 9.13 Å². The summed E-state index contributed by atoms with van der Waals surface area (Å²) in [4.78, 5) is 26.8. The van der Waals surface area contributed by atoms with E-state index in [9.17, 15) is 9.18 Å². The lowest BCUT2D eigenvalue weighted by atomic mass is 10.1. The first-order valence-corrected chi connectivity index (χ1v) is 11.7. The Morgan fingerprint density at radius 2 is 1.79 bits per heavy atom. The number of halogens is 1. The van der Waals surface area contributed by atoms with Crippen LogP contribution in [0.25, 0.3) is 5.69 Å². The number of nitrogens with zero attached hydrogens (tertiary/aromatic N) is 4. The van der Waals surface area contributed by atoms with Crippen LogP contribution in [0, 0.1) is 12.7 Å². The zero-order valence-corrected chi connectivity index (χ0v) is 20.0. The van der Waals surface area contributed by atoms with E-state index in [0.29, 0.717) is 30.0 Å². The lowest BCUT2D eigenvalue weighted by Gasteiger charge is -2.20. The Hall–Kier alpha value is -3.09. The average molecular weight is 453 g/mol. The highest BCUT2D eigenvalue weighted by atomic mass is 19.1. The van der Waals surface area contributed by atoms with Gasteiger partial charge in [0.2, 0.25) is 0 Å². The fraction of sp³-hybridized carbons (Fsp3) is 0.462. The number of hydrogen-bond acceptors (Lipinski definition) is 5. The molecule has 0 fully saturated rings. The van der Waals surface area contributed by atoms with Crippen molar-refractivity contribution in [3.05, 3.63) is 75.2 Å². The molecule has 0 bridgehead atoms. The molecule has 2 aromatic heterocycles. The van der Waals surface area contributed by atoms with Gasteiger partial charge in [-0.2, -0.15) is 0 Å². The van der Waals surface area contributed by atoms with Crippen molar-refractivity contribution in [2.75, 3.05) is 7.11 Å². The maximum Gasteiger partial charge on any atom is 0.261 e. The standard InChI is InChI=1S/C26H33FN4O2/c1-5-7-8-9-13-24-30-18(3)21(14-15-23-28-16-20(27)17-29-23)26(32)31(24)25-19(6-2)11-10-12-22(25)33-4/h10-12,16-17H,5-9,13-15H2,1-4H3. The Kier molecular flexibility index (Phi) is 8.69. The first-order valence-electron chi connectivity index (χ1n) is 11.7. The topological polar surface area (TPSA) is 69.9 Å². The van der Waals surface area contributed by atoms with Gasteiger partial charge in [-0.25, -0.2) is 19.3 Å². The second-order valence-electron chi connectivity index (χ2n) is 8.18. The molecule has 0 amide bonds. The molecule has 0 unspecified atom stereocenters. The van der Waals surface area contributed by atoms with E-state index >= 15 is 0 Å². The number of rotatable bonds is 11. The molecule has 0 spiro atoms. The van der Waals surface area contributed by atoms with E-state index in [1.165, 1.54) is 0 Å². The van der Waals surface area contributed by atoms with Crippen molar-refractivity contribution in [1.29, 1.82) is 0 Å². The Labute approximate surface area is 194 Å². The van der Waals surface area contributed by atoms with Gasteiger partial charge in [-0.1, -0.05) is 45.2 Å². The molecule has 176 valence electrons. The van der Waals surface area contributed by atoms with Gasteiger partial charge in [-0.05, 0) is 37.8 Å². The van der Waals surface area contributed by atoms with Crippen LogP contribution in [0.4, 0.5) is 4.39 Å². The highest BCUT2D eigenvalue weighted by molar-refractivity contribution is 5.54. The number of unbranched alkanes of at least 4 members (excludes halogenated alkanes) is 3. The van der Waals surface area contributed by atoms with E-state index in [-0.39, 0.29) is 5.56 Å². The molecule has 2 heterocycles. The SMILES string of the molecule is CCCCCCc1nc(C)c(CCc2ncc(F)cn2)c(=O)n1-c1c(CC)cccc1OC. The third-order valence-corrected chi connectivity index (χ3v) is 5.89. The van der Waals surface area contributed by atoms with Gasteiger partial charge in [-0.15, -0.1) is 0 Å². The molecular weight excluding hydrogens is 419 g/mol. The smallest absolute Gasteiger partial charge is 0.261 e. The van der Waals surface area contributed by atoms with Crippen LogP contribution in [0.5, 0.6) is 5.75 Å². The molecule has 0 aliphatic heterocycles. The zero-order chi connectivity index (χ0) is 23.8. The zero-order valence-electron chi connectivity index (χ0n) is 20.0. The average Bonchev–Trinajstić information content (AvgIpc) is 2.82. The van der Waals surface area contributed by atoms with Gasteiger partial charge in [0.25, 0.3) is 5.56 Å². The van der Waals surface area contributed by atoms with E-state index in [1.807, 2.05) is 25.1 Å². The summed E-state index contributed by atoms with van der Waals surface area (Å²) >= 11 is 0. The molecule has 6 nitrogen and oxygen atoms in total. The summed E-state index contributed by atoms with van der Waals surface area (Å²) in [6.07, 6.45) is 9.02. The van der Waals surface area contributed by atoms with Crippen LogP contribution >= 0.6 is 0 Å². The van der Waals surface area contributed by atoms with E-state index in [4.69, 9.17) is 9.72 Å². The highest BCUT2D eigenvalue weighted by Crippen LogP contribution is 2.28. The summed E-state index contributed by atoms with van der Waals surface area (Å²) in [6.45, 7) is 6.13. The van der Waals surface area contributed by atoms with Gasteiger partial charge in [0.15, 0.2) is 5.82 Å². The molecule has 0 atom stereocenters. The van der Waals surface area contributed by atoms with Crippen LogP contribution < -0.4 is 10.3 Å². The van der Waals surface area contributed by atoms with Crippen LogP contribution in [0.2, 0.25) is 0 Å². The fourth-order valence-corrected chi connectivity index (χ4v) is 4.09. The predicted molar refractivity (Wildman–Crippen MR) is 128 cm³/mol. The number of ether oxygens (including phenoxy) is 1. The summed E-state index contributed by atoms with van der Waals surface area (Å²) in [5, 5.41) is 0. The second kappa shape index (κ2) is 11.7. The molecule has 1 aromatic carbocycles. The van der Waals surface area contributed by atoms with Crippen molar-refractivity contribution in [2.24, 2.45) is 0 Å². The van der Waals surface area contributed by atoms with Crippen molar-refractivity contribution in [1.82, 2.24) is 19.5 Å². The molecule has 7 heteroatoms. The molecule has 0 saturated carbocycles. The summed E-state index contributed by atoms with van der Waals surface area (Å²) < 4.78 is 20.6. The van der Waals surface area contributed by atoms with Gasteiger partial charge in [0.05, 0.1) is 25.2 Å². The van der Waals surface area contributed by atoms with Crippen LogP contribution in [0.3, 0.4) is 0 Å². The van der Waals surface area contributed by atoms with Crippen molar-refractivity contribution in [3.8, 4) is 11.4 Å². The molecule has 0 saturated heterocycles. The van der Waals surface area contributed by atoms with Gasteiger partial charge < -0.3 is 4.74 Å². The minimum Gasteiger partial charge on any atom is -0.495 e. The predicted octanol–water partition coefficient (Wildman–Crippen LogP) is 4.95. The number of benzene rings is 1. The lowest BCUT2D eigenvalue weighted by molar-refractivity contribution is 0.411. The summed E-state index contributed by atoms with van der Waals surface area (Å²) in [6, 6.07) is 5.85. The highest BCUT2D eigenvalue weighted by Gasteiger charge is 2.20. The Morgan fingerprint density at radius 3 is 2.45 bits per heavy atom. The maximum atomic E-state index is 13.9. The van der Waals surface area contributed by atoms with Gasteiger partial charge >= 0.3 is 0 Å². The van der Waals surface area contributed by atoms with Gasteiger partial charge in [-0.3, -0.25) is 9.36 Å². The van der Waals surface area contributed by atoms with Gasteiger partial charge in [0, 0.05) is 24.1 Å². The molecular formula is C26H33FN4O2. The Bertz CT molecular complexity index is 1100. The minimum absolute atomic E-state index is 0.0886. The van der Waals surface area contributed by atoms with Crippen LogP contribution in [0.15, 0.2) is 35.4 Å². The maximum absolute atomic E-state index is 13.9. The van der Waals surface area contributed by atoms with Crippen LogP contribution in [0.1, 0.15) is 68.0 Å². The summed E-state index contributed by atoms with van der Waals surface area (Å²) in [5.74, 6) is 1.44. The molecule has 33 heavy (non-hydrogen) atoms. The monoisotopic (exact) mass is 452 g/mol. The normalized spacial score (nSPS) is 11.1. The molecule has 0 radical (unpaired) electrons. The van der Waals surface area contributed by atoms with Crippen LogP contribution in [-0.2, 0) is 25.7 Å². The number of methoxy groups -OCH3 is 1. The first-order chi connectivity index (χ1) is 16.0. The van der Waals surface area contributed by atoms with E-state index in [1.54, 1.807) is 11.7 Å².